The van der Waals surface area contributed by atoms with E-state index < -0.39 is 17.2 Å². The van der Waals surface area contributed by atoms with Crippen molar-refractivity contribution in [2.75, 3.05) is 0 Å². The topological polar surface area (TPSA) is 67.8 Å². The summed E-state index contributed by atoms with van der Waals surface area (Å²) in [5, 5.41) is 11.6. The molecule has 0 saturated heterocycles. The van der Waals surface area contributed by atoms with Crippen molar-refractivity contribution in [2.45, 2.75) is 24.1 Å². The van der Waals surface area contributed by atoms with Gasteiger partial charge in [0.2, 0.25) is 0 Å². The predicted molar refractivity (Wildman–Crippen MR) is 75.3 cm³/mol. The average Bonchev–Trinajstić information content (AvgIpc) is 2.58. The molecule has 1 aromatic rings. The minimum absolute atomic E-state index is 0.254. The van der Waals surface area contributed by atoms with E-state index in [4.69, 9.17) is 40.9 Å². The Morgan fingerprint density at radius 1 is 1.35 bits per heavy atom. The summed E-state index contributed by atoms with van der Waals surface area (Å²) in [5.41, 5.74) is -3.59. The van der Waals surface area contributed by atoms with Gasteiger partial charge in [-0.2, -0.15) is 0 Å². The lowest BCUT2D eigenvalue weighted by Gasteiger charge is -2.25. The highest BCUT2D eigenvalue weighted by molar-refractivity contribution is 6.39. The van der Waals surface area contributed by atoms with Crippen LogP contribution in [0.2, 0.25) is 0 Å². The van der Waals surface area contributed by atoms with Gasteiger partial charge in [-0.3, -0.25) is 10.1 Å². The van der Waals surface area contributed by atoms with Gasteiger partial charge in [0.25, 0.3) is 0 Å². The number of hydrogen-bond donors (Lipinski definition) is 2. The van der Waals surface area contributed by atoms with Crippen LogP contribution in [0.15, 0.2) is 18.2 Å². The molecule has 1 aliphatic heterocycles. The summed E-state index contributed by atoms with van der Waals surface area (Å²) in [6.45, 7) is 1.51. The lowest BCUT2D eigenvalue weighted by Crippen LogP contribution is -2.53. The van der Waals surface area contributed by atoms with Crippen LogP contribution in [0.5, 0.6) is 11.5 Å². The maximum atomic E-state index is 12.1. The number of fused-ring (bicyclic) bond motifs is 1. The Labute approximate surface area is 122 Å². The van der Waals surface area contributed by atoms with Gasteiger partial charge in [0.1, 0.15) is 15.7 Å². The summed E-state index contributed by atoms with van der Waals surface area (Å²) in [7, 11) is 21.3. The Kier molecular flexibility index (Phi) is 3.69. The van der Waals surface area contributed by atoms with Crippen molar-refractivity contribution in [1.82, 2.24) is 5.32 Å². The van der Waals surface area contributed by atoms with E-state index in [1.807, 2.05) is 0 Å². The molecule has 0 fully saturated rings. The molecule has 8 radical (unpaired) electrons. The molecule has 0 unspecified atom stereocenters. The first-order valence-electron chi connectivity index (χ1n) is 5.79. The number of hydrogen-bond acceptors (Lipinski definition) is 5. The van der Waals surface area contributed by atoms with Gasteiger partial charge in [-0.1, -0.05) is 0 Å². The third-order valence-electron chi connectivity index (χ3n) is 2.61. The fourth-order valence-corrected chi connectivity index (χ4v) is 1.85. The molecule has 9 heteroatoms. The molecule has 20 heavy (non-hydrogen) atoms. The van der Waals surface area contributed by atoms with Crippen LogP contribution < -0.4 is 14.8 Å². The first-order valence-corrected chi connectivity index (χ1v) is 5.79. The van der Waals surface area contributed by atoms with E-state index >= 15 is 0 Å². The summed E-state index contributed by atoms with van der Waals surface area (Å²) < 4.78 is 10.2. The van der Waals surface area contributed by atoms with Gasteiger partial charge in [0.05, 0.1) is 6.04 Å². The van der Waals surface area contributed by atoms with E-state index in [0.29, 0.717) is 11.3 Å². The molecule has 1 atom stereocenters. The summed E-state index contributed by atoms with van der Waals surface area (Å²) >= 11 is 0. The van der Waals surface area contributed by atoms with Gasteiger partial charge in [-0.05, 0) is 25.1 Å². The Morgan fingerprint density at radius 2 is 1.95 bits per heavy atom. The number of ketones is 1. The molecule has 0 aromatic heterocycles. The maximum absolute atomic E-state index is 12.1. The van der Waals surface area contributed by atoms with E-state index in [1.165, 1.54) is 25.1 Å². The number of benzene rings is 1. The fourth-order valence-electron chi connectivity index (χ4n) is 1.85. The number of ether oxygens (including phenoxy) is 2. The minimum atomic E-state index is -2.14. The van der Waals surface area contributed by atoms with Crippen LogP contribution in [0, 0.1) is 0 Å². The van der Waals surface area contributed by atoms with Gasteiger partial charge in [0.15, 0.2) is 38.6 Å². The number of Topliss-reactive ketones (excluding diaryl/α,β-unsaturated/α-hetero) is 1. The largest absolute Gasteiger partial charge is 0.468 e. The van der Waals surface area contributed by atoms with Crippen LogP contribution in [-0.4, -0.2) is 59.4 Å². The standard InChI is InChI=1S/C11H9B4NO4/c1-5(16-10(12,13)18)9(17)6-2-3-7-8(4-6)20-11(14,15)19-7/h2-5,16,18H,1H3/t5-/m0/s1. The minimum Gasteiger partial charge on any atom is -0.468 e. The lowest BCUT2D eigenvalue weighted by molar-refractivity contribution is 0.0829. The number of carbonyl (C=O) groups excluding carboxylic acids is 1. The van der Waals surface area contributed by atoms with Crippen molar-refractivity contribution < 1.29 is 19.4 Å². The Morgan fingerprint density at radius 3 is 2.55 bits per heavy atom. The highest BCUT2D eigenvalue weighted by Gasteiger charge is 2.31. The van der Waals surface area contributed by atoms with E-state index in [-0.39, 0.29) is 11.5 Å². The summed E-state index contributed by atoms with van der Waals surface area (Å²) in [6.07, 6.45) is 0. The number of nitrogens with one attached hydrogen (secondary N) is 1. The van der Waals surface area contributed by atoms with E-state index in [2.05, 4.69) is 5.32 Å². The van der Waals surface area contributed by atoms with E-state index in [9.17, 15) is 9.90 Å². The van der Waals surface area contributed by atoms with Crippen molar-refractivity contribution in [2.24, 2.45) is 0 Å². The van der Waals surface area contributed by atoms with Crippen molar-refractivity contribution in [3.05, 3.63) is 23.8 Å². The SMILES string of the molecule is [B]C([B])(O)N[C@@H](C)C(=O)c1ccc2c(c1)OC([B])([B])O2. The van der Waals surface area contributed by atoms with Crippen LogP contribution in [0.1, 0.15) is 17.3 Å². The Balaban J connectivity index is 2.17. The maximum Gasteiger partial charge on any atom is 0.179 e. The van der Waals surface area contributed by atoms with Crippen LogP contribution in [0.25, 0.3) is 0 Å². The zero-order valence-electron chi connectivity index (χ0n) is 10.8. The van der Waals surface area contributed by atoms with Crippen LogP contribution >= 0.6 is 0 Å². The van der Waals surface area contributed by atoms with Crippen molar-refractivity contribution in [1.29, 1.82) is 0 Å². The normalized spacial score (nSPS) is 17.7. The summed E-state index contributed by atoms with van der Waals surface area (Å²) in [5.74, 6) is 0.238. The second kappa shape index (κ2) is 4.90. The molecule has 2 N–H and O–H groups in total. The first kappa shape index (κ1) is 15.1. The van der Waals surface area contributed by atoms with Crippen LogP contribution in [0.3, 0.4) is 0 Å². The number of carbonyl (C=O) groups is 1. The lowest BCUT2D eigenvalue weighted by atomic mass is 9.73. The fraction of sp³-hybridized carbons (Fsp3) is 0.364. The molecule has 2 rings (SSSR count). The van der Waals surface area contributed by atoms with Crippen LogP contribution in [0.4, 0.5) is 0 Å². The molecule has 94 valence electrons. The average molecular weight is 262 g/mol. The molecular formula is C11H9B4NO4. The zero-order chi connectivity index (χ0) is 15.1. The molecule has 1 aromatic carbocycles. The second-order valence-electron chi connectivity index (χ2n) is 4.64. The third kappa shape index (κ3) is 3.41. The van der Waals surface area contributed by atoms with Crippen molar-refractivity contribution >= 4 is 37.2 Å². The van der Waals surface area contributed by atoms with Gasteiger partial charge < -0.3 is 14.6 Å². The highest BCUT2D eigenvalue weighted by Crippen LogP contribution is 2.37. The Hall–Kier alpha value is -1.33. The molecule has 1 heterocycles. The second-order valence-corrected chi connectivity index (χ2v) is 4.64. The summed E-state index contributed by atoms with van der Waals surface area (Å²) in [6, 6.07) is 3.64. The number of aliphatic hydroxyl groups is 1. The van der Waals surface area contributed by atoms with Crippen LogP contribution in [-0.2, 0) is 0 Å². The van der Waals surface area contributed by atoms with Gasteiger partial charge in [-0.25, -0.2) is 0 Å². The predicted octanol–water partition coefficient (Wildman–Crippen LogP) is -1.49. The van der Waals surface area contributed by atoms with E-state index in [1.54, 1.807) is 0 Å². The zero-order valence-corrected chi connectivity index (χ0v) is 10.8. The van der Waals surface area contributed by atoms with E-state index in [0.717, 1.165) is 0 Å². The van der Waals surface area contributed by atoms with Gasteiger partial charge in [-0.15, -0.1) is 0 Å². The van der Waals surface area contributed by atoms with Crippen molar-refractivity contribution in [3.8, 4) is 11.5 Å². The monoisotopic (exact) mass is 263 g/mol. The molecule has 0 amide bonds. The molecule has 0 spiro atoms. The first-order chi connectivity index (χ1) is 9.07. The van der Waals surface area contributed by atoms with Crippen molar-refractivity contribution in [3.63, 3.8) is 0 Å². The number of rotatable bonds is 4. The summed E-state index contributed by atoms with van der Waals surface area (Å²) in [4.78, 5) is 12.1. The third-order valence-corrected chi connectivity index (χ3v) is 2.61. The molecule has 0 saturated carbocycles. The molecule has 0 aliphatic carbocycles. The molecule has 0 bridgehead atoms. The molecule has 5 nitrogen and oxygen atoms in total. The highest BCUT2D eigenvalue weighted by atomic mass is 16.7. The molecule has 1 aliphatic rings. The quantitative estimate of drug-likeness (QED) is 0.393. The molecular weight excluding hydrogens is 253 g/mol. The Bertz CT molecular complexity index is 544. The smallest absolute Gasteiger partial charge is 0.179 e. The van der Waals surface area contributed by atoms with Gasteiger partial charge >= 0.3 is 0 Å². The van der Waals surface area contributed by atoms with Gasteiger partial charge in [0, 0.05) is 11.1 Å².